The molecule has 21 heavy (non-hydrogen) atoms. The topological polar surface area (TPSA) is 74.4 Å². The van der Waals surface area contributed by atoms with E-state index in [-0.39, 0.29) is 5.88 Å². The van der Waals surface area contributed by atoms with Gasteiger partial charge in [-0.05, 0) is 26.0 Å². The fraction of sp³-hybridized carbons (Fsp3) is 0.188. The first-order chi connectivity index (χ1) is 10.1. The van der Waals surface area contributed by atoms with Crippen LogP contribution in [0.4, 0.5) is 5.88 Å². The van der Waals surface area contributed by atoms with Crippen LogP contribution in [0.2, 0.25) is 0 Å². The summed E-state index contributed by atoms with van der Waals surface area (Å²) in [5.41, 5.74) is 9.06. The molecule has 0 spiro atoms. The molecule has 0 fully saturated rings. The molecule has 2 aromatic heterocycles. The molecule has 3 aromatic rings. The minimum atomic E-state index is 0.257. The second-order valence-corrected chi connectivity index (χ2v) is 4.80. The zero-order chi connectivity index (χ0) is 15.0. The molecule has 0 aliphatic rings. The van der Waals surface area contributed by atoms with Crippen molar-refractivity contribution in [3.8, 4) is 28.1 Å². The van der Waals surface area contributed by atoms with Crippen molar-refractivity contribution < 1.29 is 13.7 Å². The minimum Gasteiger partial charge on any atom is -0.496 e. The summed E-state index contributed by atoms with van der Waals surface area (Å²) in [5.74, 6) is 2.56. The number of methoxy groups -OCH3 is 1. The number of aryl methyl sites for hydroxylation is 2. The maximum atomic E-state index is 5.98. The molecule has 0 radical (unpaired) electrons. The minimum absolute atomic E-state index is 0.257. The number of benzene rings is 1. The number of nitrogens with two attached hydrogens (primary N) is 1. The lowest BCUT2D eigenvalue weighted by molar-refractivity contribution is 0.416. The molecule has 3 rings (SSSR count). The lowest BCUT2D eigenvalue weighted by Crippen LogP contribution is -1.92. The van der Waals surface area contributed by atoms with Crippen molar-refractivity contribution in [1.29, 1.82) is 0 Å². The normalized spacial score (nSPS) is 10.8. The molecule has 0 amide bonds. The van der Waals surface area contributed by atoms with Crippen LogP contribution < -0.4 is 10.5 Å². The molecule has 0 aliphatic carbocycles. The number of rotatable bonds is 3. The number of anilines is 1. The molecule has 0 saturated carbocycles. The van der Waals surface area contributed by atoms with Crippen LogP contribution in [-0.4, -0.2) is 12.3 Å². The Balaban J connectivity index is 2.25. The van der Waals surface area contributed by atoms with E-state index in [0.29, 0.717) is 11.4 Å². The second kappa shape index (κ2) is 5.01. The Morgan fingerprint density at radius 2 is 1.90 bits per heavy atom. The summed E-state index contributed by atoms with van der Waals surface area (Å²) in [4.78, 5) is 0. The molecule has 0 unspecified atom stereocenters. The van der Waals surface area contributed by atoms with Gasteiger partial charge in [0.2, 0.25) is 5.88 Å². The molecule has 0 atom stereocenters. The van der Waals surface area contributed by atoms with Gasteiger partial charge in [-0.25, -0.2) is 0 Å². The van der Waals surface area contributed by atoms with Gasteiger partial charge in [-0.1, -0.05) is 23.4 Å². The van der Waals surface area contributed by atoms with Gasteiger partial charge in [-0.2, -0.15) is 0 Å². The van der Waals surface area contributed by atoms with Crippen LogP contribution in [0.25, 0.3) is 22.4 Å². The quantitative estimate of drug-likeness (QED) is 0.791. The van der Waals surface area contributed by atoms with E-state index in [0.717, 1.165) is 28.2 Å². The highest BCUT2D eigenvalue weighted by atomic mass is 16.5. The molecular formula is C16H16N2O3. The van der Waals surface area contributed by atoms with Gasteiger partial charge in [0.05, 0.1) is 12.7 Å². The highest BCUT2D eigenvalue weighted by molar-refractivity contribution is 5.90. The Morgan fingerprint density at radius 3 is 2.57 bits per heavy atom. The Labute approximate surface area is 122 Å². The van der Waals surface area contributed by atoms with Crippen molar-refractivity contribution in [1.82, 2.24) is 5.16 Å². The number of ether oxygens (including phenoxy) is 1. The zero-order valence-electron chi connectivity index (χ0n) is 12.1. The maximum absolute atomic E-state index is 5.98. The molecule has 108 valence electrons. The van der Waals surface area contributed by atoms with Crippen LogP contribution in [0.15, 0.2) is 39.3 Å². The Morgan fingerprint density at radius 1 is 1.14 bits per heavy atom. The van der Waals surface area contributed by atoms with E-state index in [1.165, 1.54) is 0 Å². The van der Waals surface area contributed by atoms with Crippen molar-refractivity contribution in [3.05, 3.63) is 41.9 Å². The summed E-state index contributed by atoms with van der Waals surface area (Å²) in [6.45, 7) is 3.78. The third kappa shape index (κ3) is 2.16. The first-order valence-corrected chi connectivity index (χ1v) is 6.57. The van der Waals surface area contributed by atoms with Gasteiger partial charge in [0.25, 0.3) is 0 Å². The molecular weight excluding hydrogens is 268 g/mol. The smallest absolute Gasteiger partial charge is 0.230 e. The summed E-state index contributed by atoms with van der Waals surface area (Å²) in [5, 5.41) is 4.10. The van der Waals surface area contributed by atoms with E-state index >= 15 is 0 Å². The summed E-state index contributed by atoms with van der Waals surface area (Å²) >= 11 is 0. The van der Waals surface area contributed by atoms with Gasteiger partial charge >= 0.3 is 0 Å². The predicted octanol–water partition coefficient (Wildman–Crippen LogP) is 3.81. The van der Waals surface area contributed by atoms with Crippen molar-refractivity contribution >= 4 is 5.88 Å². The molecule has 2 N–H and O–H groups in total. The SMILES string of the molecule is COc1ccccc1-c1c(-c2cc(C)oc2C)noc1N. The molecule has 0 saturated heterocycles. The lowest BCUT2D eigenvalue weighted by atomic mass is 10.0. The number of nitrogen functional groups attached to an aromatic ring is 1. The van der Waals surface area contributed by atoms with Crippen molar-refractivity contribution in [2.24, 2.45) is 0 Å². The van der Waals surface area contributed by atoms with Crippen LogP contribution in [0.1, 0.15) is 11.5 Å². The van der Waals surface area contributed by atoms with Crippen LogP contribution in [0.5, 0.6) is 5.75 Å². The van der Waals surface area contributed by atoms with Crippen LogP contribution in [0.3, 0.4) is 0 Å². The van der Waals surface area contributed by atoms with Gasteiger partial charge in [0, 0.05) is 11.1 Å². The largest absolute Gasteiger partial charge is 0.496 e. The number of hydrogen-bond acceptors (Lipinski definition) is 5. The fourth-order valence-corrected chi connectivity index (χ4v) is 2.46. The standard InChI is InChI=1S/C16H16N2O3/c1-9-8-12(10(2)20-9)15-14(16(17)21-18-15)11-6-4-5-7-13(11)19-3/h4-8H,17H2,1-3H3. The van der Waals surface area contributed by atoms with E-state index in [1.54, 1.807) is 7.11 Å². The van der Waals surface area contributed by atoms with Crippen LogP contribution in [0, 0.1) is 13.8 Å². The van der Waals surface area contributed by atoms with Crippen LogP contribution in [-0.2, 0) is 0 Å². The number of furan rings is 1. The highest BCUT2D eigenvalue weighted by Gasteiger charge is 2.22. The lowest BCUT2D eigenvalue weighted by Gasteiger charge is -2.08. The number of para-hydroxylation sites is 1. The number of nitrogens with zero attached hydrogens (tertiary/aromatic N) is 1. The Bertz CT molecular complexity index is 787. The third-order valence-corrected chi connectivity index (χ3v) is 3.39. The molecule has 1 aromatic carbocycles. The van der Waals surface area contributed by atoms with Gasteiger partial charge in [0.15, 0.2) is 0 Å². The van der Waals surface area contributed by atoms with Gasteiger partial charge in [-0.15, -0.1) is 0 Å². The summed E-state index contributed by atoms with van der Waals surface area (Å²) in [7, 11) is 1.62. The van der Waals surface area contributed by atoms with Gasteiger partial charge in [0.1, 0.15) is 23.0 Å². The van der Waals surface area contributed by atoms with E-state index in [1.807, 2.05) is 44.2 Å². The molecule has 5 heteroatoms. The molecule has 2 heterocycles. The average Bonchev–Trinajstić information content (AvgIpc) is 3.01. The number of aromatic nitrogens is 1. The summed E-state index contributed by atoms with van der Waals surface area (Å²) < 4.78 is 16.2. The van der Waals surface area contributed by atoms with E-state index < -0.39 is 0 Å². The summed E-state index contributed by atoms with van der Waals surface area (Å²) in [6, 6.07) is 9.54. The highest BCUT2D eigenvalue weighted by Crippen LogP contribution is 2.41. The number of hydrogen-bond donors (Lipinski definition) is 1. The van der Waals surface area contributed by atoms with Crippen LogP contribution >= 0.6 is 0 Å². The Hall–Kier alpha value is -2.69. The fourth-order valence-electron chi connectivity index (χ4n) is 2.46. The molecule has 0 aliphatic heterocycles. The molecule has 5 nitrogen and oxygen atoms in total. The molecule has 0 bridgehead atoms. The predicted molar refractivity (Wildman–Crippen MR) is 80.1 cm³/mol. The van der Waals surface area contributed by atoms with Crippen molar-refractivity contribution in [2.75, 3.05) is 12.8 Å². The third-order valence-electron chi connectivity index (χ3n) is 3.39. The monoisotopic (exact) mass is 284 g/mol. The van der Waals surface area contributed by atoms with Gasteiger partial charge in [-0.3, -0.25) is 0 Å². The summed E-state index contributed by atoms with van der Waals surface area (Å²) in [6.07, 6.45) is 0. The first-order valence-electron chi connectivity index (χ1n) is 6.57. The zero-order valence-corrected chi connectivity index (χ0v) is 12.1. The van der Waals surface area contributed by atoms with E-state index in [4.69, 9.17) is 19.4 Å². The van der Waals surface area contributed by atoms with Crippen molar-refractivity contribution in [2.45, 2.75) is 13.8 Å². The van der Waals surface area contributed by atoms with E-state index in [9.17, 15) is 0 Å². The van der Waals surface area contributed by atoms with Crippen molar-refractivity contribution in [3.63, 3.8) is 0 Å². The Kier molecular flexibility index (Phi) is 3.17. The first kappa shape index (κ1) is 13.3. The van der Waals surface area contributed by atoms with E-state index in [2.05, 4.69) is 5.16 Å². The van der Waals surface area contributed by atoms with Gasteiger partial charge < -0.3 is 19.4 Å². The maximum Gasteiger partial charge on any atom is 0.230 e. The average molecular weight is 284 g/mol. The second-order valence-electron chi connectivity index (χ2n) is 4.80.